The molecule has 0 radical (unpaired) electrons. The molecule has 0 saturated carbocycles. The lowest BCUT2D eigenvalue weighted by Gasteiger charge is -2.38. The molecule has 0 N–H and O–H groups in total. The molecule has 1 aliphatic rings. The topological polar surface area (TPSA) is 107 Å². The van der Waals surface area contributed by atoms with Crippen LogP contribution in [0.5, 0.6) is 5.75 Å². The maximum absolute atomic E-state index is 12.9. The van der Waals surface area contributed by atoms with E-state index in [1.54, 1.807) is 38.8 Å². The lowest BCUT2D eigenvalue weighted by atomic mass is 10.1. The van der Waals surface area contributed by atoms with Gasteiger partial charge in [-0.3, -0.25) is 14.7 Å². The fourth-order valence-electron chi connectivity index (χ4n) is 4.22. The number of pyridine rings is 2. The molecule has 0 aromatic carbocycles. The van der Waals surface area contributed by atoms with Crippen LogP contribution in [0.25, 0.3) is 22.1 Å². The highest BCUT2D eigenvalue weighted by molar-refractivity contribution is 7.88. The molecule has 3 aromatic heterocycles. The second-order valence-corrected chi connectivity index (χ2v) is 10.6. The van der Waals surface area contributed by atoms with E-state index >= 15 is 0 Å². The van der Waals surface area contributed by atoms with E-state index in [2.05, 4.69) is 9.88 Å². The van der Waals surface area contributed by atoms with E-state index in [9.17, 15) is 13.2 Å². The normalized spacial score (nSPS) is 17.9. The Bertz CT molecular complexity index is 1330. The van der Waals surface area contributed by atoms with Crippen molar-refractivity contribution in [3.8, 4) is 16.9 Å². The number of ether oxygens (including phenoxy) is 2. The number of aromatic nitrogens is 2. The quantitative estimate of drug-likeness (QED) is 0.439. The Morgan fingerprint density at radius 3 is 2.74 bits per heavy atom. The van der Waals surface area contributed by atoms with Crippen molar-refractivity contribution in [2.45, 2.75) is 19.5 Å². The van der Waals surface area contributed by atoms with Crippen LogP contribution in [0.15, 0.2) is 39.9 Å². The zero-order chi connectivity index (χ0) is 24.5. The van der Waals surface area contributed by atoms with Gasteiger partial charge in [0.1, 0.15) is 23.7 Å². The van der Waals surface area contributed by atoms with Crippen LogP contribution in [0.2, 0.25) is 0 Å². The third-order valence-corrected chi connectivity index (χ3v) is 7.35. The van der Waals surface area contributed by atoms with Crippen LogP contribution in [0.4, 0.5) is 0 Å². The number of methoxy groups -OCH3 is 1. The van der Waals surface area contributed by atoms with Crippen molar-refractivity contribution < 1.29 is 22.3 Å². The lowest BCUT2D eigenvalue weighted by Crippen LogP contribution is -2.52. The van der Waals surface area contributed by atoms with Crippen molar-refractivity contribution in [2.75, 3.05) is 46.2 Å². The number of fused-ring (bicyclic) bond motifs is 1. The molecule has 10 nitrogen and oxygen atoms in total. The molecule has 0 amide bonds. The summed E-state index contributed by atoms with van der Waals surface area (Å²) in [5.74, 6) is 1.22. The number of aryl methyl sites for hydroxylation is 1. The molecule has 11 heteroatoms. The summed E-state index contributed by atoms with van der Waals surface area (Å²) < 4.78 is 44.0. The molecular formula is C23H30N4O6S. The molecule has 1 fully saturated rings. The summed E-state index contributed by atoms with van der Waals surface area (Å²) in [6.07, 6.45) is 6.28. The van der Waals surface area contributed by atoms with Gasteiger partial charge in [0.15, 0.2) is 0 Å². The average Bonchev–Trinajstić information content (AvgIpc) is 3.22. The highest BCUT2D eigenvalue weighted by Gasteiger charge is 2.29. The Kier molecular flexibility index (Phi) is 7.08. The van der Waals surface area contributed by atoms with Crippen LogP contribution in [0.1, 0.15) is 12.7 Å². The summed E-state index contributed by atoms with van der Waals surface area (Å²) in [6, 6.07) is 3.62. The van der Waals surface area contributed by atoms with Crippen molar-refractivity contribution >= 4 is 21.0 Å². The van der Waals surface area contributed by atoms with Gasteiger partial charge in [0.2, 0.25) is 10.0 Å². The van der Waals surface area contributed by atoms with Gasteiger partial charge in [0.05, 0.1) is 31.0 Å². The first-order valence-corrected chi connectivity index (χ1v) is 12.9. The maximum atomic E-state index is 12.9. The van der Waals surface area contributed by atoms with E-state index in [1.807, 2.05) is 13.0 Å². The predicted octanol–water partition coefficient (Wildman–Crippen LogP) is 1.68. The van der Waals surface area contributed by atoms with Crippen molar-refractivity contribution in [2.24, 2.45) is 7.05 Å². The molecule has 4 heterocycles. The first-order valence-electron chi connectivity index (χ1n) is 11.1. The lowest BCUT2D eigenvalue weighted by molar-refractivity contribution is 0.115. The summed E-state index contributed by atoms with van der Waals surface area (Å²) in [7, 11) is 0.0923. The van der Waals surface area contributed by atoms with E-state index in [0.717, 1.165) is 11.1 Å². The zero-order valence-electron chi connectivity index (χ0n) is 19.9. The Hall–Kier alpha value is -2.73. The van der Waals surface area contributed by atoms with Crippen LogP contribution < -0.4 is 10.3 Å². The third-order valence-electron chi connectivity index (χ3n) is 6.08. The van der Waals surface area contributed by atoms with Gasteiger partial charge in [-0.15, -0.1) is 0 Å². The Balaban J connectivity index is 1.67. The van der Waals surface area contributed by atoms with Crippen molar-refractivity contribution in [3.63, 3.8) is 0 Å². The van der Waals surface area contributed by atoms with Gasteiger partial charge in [-0.2, -0.15) is 4.31 Å². The second-order valence-electron chi connectivity index (χ2n) is 8.57. The Labute approximate surface area is 198 Å². The second kappa shape index (κ2) is 9.87. The minimum Gasteiger partial charge on any atom is -0.489 e. The zero-order valence-corrected chi connectivity index (χ0v) is 20.7. The number of nitrogens with zero attached hydrogens (tertiary/aromatic N) is 4. The Morgan fingerprint density at radius 1 is 1.24 bits per heavy atom. The van der Waals surface area contributed by atoms with Gasteiger partial charge in [0, 0.05) is 63.4 Å². The highest BCUT2D eigenvalue weighted by atomic mass is 32.2. The maximum Gasteiger partial charge on any atom is 0.261 e. The molecule has 3 aromatic rings. The molecule has 0 aliphatic carbocycles. The van der Waals surface area contributed by atoms with Crippen molar-refractivity contribution in [3.05, 3.63) is 46.8 Å². The monoisotopic (exact) mass is 490 g/mol. The molecule has 4 rings (SSSR count). The molecular weight excluding hydrogens is 460 g/mol. The number of hydrogen-bond donors (Lipinski definition) is 0. The van der Waals surface area contributed by atoms with E-state index in [4.69, 9.17) is 13.9 Å². The molecule has 0 bridgehead atoms. The highest BCUT2D eigenvalue weighted by Crippen LogP contribution is 2.35. The summed E-state index contributed by atoms with van der Waals surface area (Å²) in [5, 5.41) is 0.483. The molecule has 0 unspecified atom stereocenters. The smallest absolute Gasteiger partial charge is 0.261 e. The summed E-state index contributed by atoms with van der Waals surface area (Å²) in [5.41, 5.74) is 1.83. The minimum atomic E-state index is -3.22. The molecule has 1 aliphatic heterocycles. The van der Waals surface area contributed by atoms with Crippen LogP contribution >= 0.6 is 0 Å². The van der Waals surface area contributed by atoms with Crippen LogP contribution in [0, 0.1) is 0 Å². The molecule has 1 saturated heterocycles. The number of sulfonamides is 1. The Morgan fingerprint density at radius 2 is 2.03 bits per heavy atom. The standard InChI is InChI=1S/C23H30N4O6S/c1-16-13-27(34(4,29)30)8-7-26(16)14-17-11-19-22(33-17)20(15-25(2)23(19)28)18-5-6-24-12-21(18)32-10-9-31-3/h5-6,11-12,15-16H,7-10,13-14H2,1-4H3/t16-/m1/s1. The minimum absolute atomic E-state index is 0.0139. The first kappa shape index (κ1) is 24.4. The fourth-order valence-corrected chi connectivity index (χ4v) is 5.12. The van der Waals surface area contributed by atoms with Crippen LogP contribution in [0.3, 0.4) is 0 Å². The van der Waals surface area contributed by atoms with Gasteiger partial charge < -0.3 is 18.5 Å². The first-order chi connectivity index (χ1) is 16.2. The molecule has 184 valence electrons. The summed E-state index contributed by atoms with van der Waals surface area (Å²) in [4.78, 5) is 19.2. The van der Waals surface area contributed by atoms with Crippen LogP contribution in [-0.4, -0.2) is 79.4 Å². The molecule has 0 spiro atoms. The van der Waals surface area contributed by atoms with Gasteiger partial charge in [-0.25, -0.2) is 8.42 Å². The SMILES string of the molecule is COCCOc1cnccc1-c1cn(C)c(=O)c2cc(CN3CCN(S(C)(=O)=O)C[C@H]3C)oc12. The fraction of sp³-hybridized carbons (Fsp3) is 0.478. The molecule has 1 atom stereocenters. The van der Waals surface area contributed by atoms with E-state index in [1.165, 1.54) is 15.1 Å². The van der Waals surface area contributed by atoms with E-state index in [0.29, 0.717) is 61.9 Å². The summed E-state index contributed by atoms with van der Waals surface area (Å²) >= 11 is 0. The number of rotatable bonds is 8. The van der Waals surface area contributed by atoms with Gasteiger partial charge in [0.25, 0.3) is 5.56 Å². The van der Waals surface area contributed by atoms with Crippen molar-refractivity contribution in [1.29, 1.82) is 0 Å². The number of furan rings is 1. The molecule has 34 heavy (non-hydrogen) atoms. The number of hydrogen-bond acceptors (Lipinski definition) is 8. The predicted molar refractivity (Wildman–Crippen MR) is 128 cm³/mol. The third kappa shape index (κ3) is 5.02. The largest absolute Gasteiger partial charge is 0.489 e. The van der Waals surface area contributed by atoms with E-state index < -0.39 is 10.0 Å². The van der Waals surface area contributed by atoms with Crippen LogP contribution in [-0.2, 0) is 28.4 Å². The number of piperazine rings is 1. The van der Waals surface area contributed by atoms with Gasteiger partial charge in [-0.1, -0.05) is 0 Å². The van der Waals surface area contributed by atoms with Crippen molar-refractivity contribution in [1.82, 2.24) is 18.8 Å². The summed E-state index contributed by atoms with van der Waals surface area (Å²) in [6.45, 7) is 4.70. The van der Waals surface area contributed by atoms with Gasteiger partial charge in [-0.05, 0) is 19.1 Å². The van der Waals surface area contributed by atoms with E-state index in [-0.39, 0.29) is 11.6 Å². The average molecular weight is 491 g/mol. The van der Waals surface area contributed by atoms with Gasteiger partial charge >= 0.3 is 0 Å².